The van der Waals surface area contributed by atoms with Crippen molar-refractivity contribution in [3.63, 3.8) is 0 Å². The van der Waals surface area contributed by atoms with E-state index in [4.69, 9.17) is 25.4 Å². The number of ether oxygens (including phenoxy) is 2. The number of carbonyl (C=O) groups excluding carboxylic acids is 2. The summed E-state index contributed by atoms with van der Waals surface area (Å²) in [5.74, 6) is 1.46. The lowest BCUT2D eigenvalue weighted by Gasteiger charge is -2.04. The molecule has 0 atom stereocenters. The van der Waals surface area contributed by atoms with Crippen molar-refractivity contribution in [3.8, 4) is 22.6 Å². The molecular weight excluding hydrogens is 424 g/mol. The molecule has 3 rings (SSSR count). The Morgan fingerprint density at radius 3 is 1.39 bits per heavy atom. The summed E-state index contributed by atoms with van der Waals surface area (Å²) < 4.78 is 15.5. The standard InChI is InChI=1S/C24H24N4O5/c1-3-31-23(29)27-21(25)17-9-5-15(6-10-17)19-13-14-20(33-19)16-7-11-18(12-8-16)22(26)28-24(30)32-4-2/h5-14H,3-4H2,1-2H3,(H2,25,27,29)(H2,26,28,30). The van der Waals surface area contributed by atoms with Crippen LogP contribution in [0.2, 0.25) is 0 Å². The number of hydrogen-bond donors (Lipinski definition) is 2. The first kappa shape index (κ1) is 23.3. The molecule has 0 saturated carbocycles. The minimum atomic E-state index is -0.727. The number of benzene rings is 2. The summed E-state index contributed by atoms with van der Waals surface area (Å²) >= 11 is 0. The number of aliphatic imine (C=N–C) groups is 2. The summed E-state index contributed by atoms with van der Waals surface area (Å²) in [7, 11) is 0. The van der Waals surface area contributed by atoms with E-state index >= 15 is 0 Å². The Hall–Kier alpha value is -4.40. The van der Waals surface area contributed by atoms with Gasteiger partial charge in [-0.25, -0.2) is 9.59 Å². The highest BCUT2D eigenvalue weighted by molar-refractivity contribution is 6.03. The zero-order valence-electron chi connectivity index (χ0n) is 18.3. The van der Waals surface area contributed by atoms with Crippen LogP contribution in [0.3, 0.4) is 0 Å². The summed E-state index contributed by atoms with van der Waals surface area (Å²) in [6, 6.07) is 18.0. The van der Waals surface area contributed by atoms with Crippen molar-refractivity contribution in [3.05, 3.63) is 71.8 Å². The SMILES string of the molecule is CCOC(=O)/N=C(\N)c1ccc(-c2ccc(-c3ccc(/C(N)=N/C(=O)OCC)cc3)o2)cc1. The second-order valence-electron chi connectivity index (χ2n) is 6.71. The minimum Gasteiger partial charge on any atom is -0.456 e. The Morgan fingerprint density at radius 2 is 1.06 bits per heavy atom. The third-order valence-corrected chi connectivity index (χ3v) is 4.50. The lowest BCUT2D eigenvalue weighted by atomic mass is 10.1. The van der Waals surface area contributed by atoms with Crippen LogP contribution in [0.1, 0.15) is 25.0 Å². The van der Waals surface area contributed by atoms with Crippen LogP contribution in [0.4, 0.5) is 9.59 Å². The highest BCUT2D eigenvalue weighted by Crippen LogP contribution is 2.29. The number of nitrogens with zero attached hydrogens (tertiary/aromatic N) is 2. The van der Waals surface area contributed by atoms with E-state index in [2.05, 4.69) is 9.98 Å². The van der Waals surface area contributed by atoms with Crippen molar-refractivity contribution in [1.82, 2.24) is 0 Å². The van der Waals surface area contributed by atoms with E-state index in [1.54, 1.807) is 38.1 Å². The number of nitrogens with two attached hydrogens (primary N) is 2. The van der Waals surface area contributed by atoms with Crippen molar-refractivity contribution in [2.75, 3.05) is 13.2 Å². The second-order valence-corrected chi connectivity index (χ2v) is 6.71. The van der Waals surface area contributed by atoms with Gasteiger partial charge in [-0.2, -0.15) is 9.98 Å². The lowest BCUT2D eigenvalue weighted by Crippen LogP contribution is -2.16. The smallest absolute Gasteiger partial charge is 0.435 e. The van der Waals surface area contributed by atoms with E-state index < -0.39 is 12.2 Å². The predicted octanol–water partition coefficient (Wildman–Crippen LogP) is 4.34. The number of amides is 2. The van der Waals surface area contributed by atoms with Gasteiger partial charge < -0.3 is 25.4 Å². The van der Waals surface area contributed by atoms with E-state index in [0.29, 0.717) is 22.6 Å². The maximum Gasteiger partial charge on any atom is 0.435 e. The van der Waals surface area contributed by atoms with E-state index in [9.17, 15) is 9.59 Å². The van der Waals surface area contributed by atoms with Crippen LogP contribution in [0.5, 0.6) is 0 Å². The topological polar surface area (TPSA) is 142 Å². The quantitative estimate of drug-likeness (QED) is 0.422. The molecular formula is C24H24N4O5. The maximum atomic E-state index is 11.4. The number of furan rings is 1. The molecule has 3 aromatic rings. The number of carbonyl (C=O) groups is 2. The van der Waals surface area contributed by atoms with Gasteiger partial charge in [0.1, 0.15) is 23.2 Å². The van der Waals surface area contributed by atoms with Gasteiger partial charge in [0.25, 0.3) is 0 Å². The molecule has 1 heterocycles. The molecule has 0 fully saturated rings. The van der Waals surface area contributed by atoms with E-state index in [0.717, 1.165) is 11.1 Å². The number of hydrogen-bond acceptors (Lipinski definition) is 5. The molecule has 0 saturated heterocycles. The Kier molecular flexibility index (Phi) is 7.59. The fourth-order valence-electron chi connectivity index (χ4n) is 2.90. The lowest BCUT2D eigenvalue weighted by molar-refractivity contribution is 0.162. The average molecular weight is 448 g/mol. The second kappa shape index (κ2) is 10.8. The Labute approximate surface area is 190 Å². The Bertz CT molecular complexity index is 1090. The molecule has 1 aromatic heterocycles. The van der Waals surface area contributed by atoms with Gasteiger partial charge in [-0.1, -0.05) is 48.5 Å². The fraction of sp³-hybridized carbons (Fsp3) is 0.167. The number of rotatable bonds is 6. The summed E-state index contributed by atoms with van der Waals surface area (Å²) in [4.78, 5) is 30.3. The molecule has 0 unspecified atom stereocenters. The van der Waals surface area contributed by atoms with Gasteiger partial charge in [0, 0.05) is 22.3 Å². The number of amidine groups is 2. The zero-order chi connectivity index (χ0) is 23.8. The van der Waals surface area contributed by atoms with Crippen molar-refractivity contribution in [2.45, 2.75) is 13.8 Å². The Balaban J connectivity index is 1.73. The van der Waals surface area contributed by atoms with Gasteiger partial charge in [0.15, 0.2) is 0 Å². The molecule has 2 aromatic carbocycles. The fourth-order valence-corrected chi connectivity index (χ4v) is 2.90. The van der Waals surface area contributed by atoms with Crippen LogP contribution in [0, 0.1) is 0 Å². The van der Waals surface area contributed by atoms with Crippen LogP contribution < -0.4 is 11.5 Å². The molecule has 9 nitrogen and oxygen atoms in total. The van der Waals surface area contributed by atoms with Gasteiger partial charge in [-0.15, -0.1) is 0 Å². The summed E-state index contributed by atoms with van der Waals surface area (Å²) in [5, 5.41) is 0. The van der Waals surface area contributed by atoms with Crippen LogP contribution in [-0.4, -0.2) is 37.1 Å². The van der Waals surface area contributed by atoms with Crippen molar-refractivity contribution >= 4 is 23.9 Å². The van der Waals surface area contributed by atoms with Crippen molar-refractivity contribution in [1.29, 1.82) is 0 Å². The first-order valence-corrected chi connectivity index (χ1v) is 10.2. The van der Waals surface area contributed by atoms with Crippen LogP contribution >= 0.6 is 0 Å². The molecule has 0 aliphatic heterocycles. The average Bonchev–Trinajstić information content (AvgIpc) is 3.30. The third kappa shape index (κ3) is 6.07. The maximum absolute atomic E-state index is 11.4. The van der Waals surface area contributed by atoms with Crippen LogP contribution in [0.25, 0.3) is 22.6 Å². The van der Waals surface area contributed by atoms with Gasteiger partial charge >= 0.3 is 12.2 Å². The molecule has 0 bridgehead atoms. The van der Waals surface area contributed by atoms with Gasteiger partial charge in [-0.3, -0.25) is 0 Å². The van der Waals surface area contributed by atoms with E-state index in [-0.39, 0.29) is 24.9 Å². The minimum absolute atomic E-state index is 0.0750. The normalized spacial score (nSPS) is 11.8. The Morgan fingerprint density at radius 1 is 0.697 bits per heavy atom. The summed E-state index contributed by atoms with van der Waals surface area (Å²) in [6.45, 7) is 3.85. The molecule has 0 aliphatic rings. The monoisotopic (exact) mass is 448 g/mol. The molecule has 2 amide bonds. The molecule has 4 N–H and O–H groups in total. The summed E-state index contributed by atoms with van der Waals surface area (Å²) in [6.07, 6.45) is -1.45. The highest BCUT2D eigenvalue weighted by atomic mass is 16.5. The van der Waals surface area contributed by atoms with Crippen LogP contribution in [0.15, 0.2) is 75.1 Å². The first-order valence-electron chi connectivity index (χ1n) is 10.2. The molecule has 0 spiro atoms. The van der Waals surface area contributed by atoms with E-state index in [1.807, 2.05) is 36.4 Å². The van der Waals surface area contributed by atoms with Crippen molar-refractivity contribution < 1.29 is 23.5 Å². The largest absolute Gasteiger partial charge is 0.456 e. The molecule has 33 heavy (non-hydrogen) atoms. The van der Waals surface area contributed by atoms with Gasteiger partial charge in [0.05, 0.1) is 13.2 Å². The van der Waals surface area contributed by atoms with Crippen molar-refractivity contribution in [2.24, 2.45) is 21.5 Å². The molecule has 9 heteroatoms. The highest BCUT2D eigenvalue weighted by Gasteiger charge is 2.10. The summed E-state index contributed by atoms with van der Waals surface area (Å²) in [5.41, 5.74) is 14.6. The molecule has 0 aliphatic carbocycles. The van der Waals surface area contributed by atoms with E-state index in [1.165, 1.54) is 0 Å². The predicted molar refractivity (Wildman–Crippen MR) is 125 cm³/mol. The first-order chi connectivity index (χ1) is 15.9. The molecule has 0 radical (unpaired) electrons. The zero-order valence-corrected chi connectivity index (χ0v) is 18.3. The van der Waals surface area contributed by atoms with Gasteiger partial charge in [0.2, 0.25) is 0 Å². The molecule has 170 valence electrons. The third-order valence-electron chi connectivity index (χ3n) is 4.50. The van der Waals surface area contributed by atoms with Gasteiger partial charge in [-0.05, 0) is 26.0 Å². The van der Waals surface area contributed by atoms with Crippen LogP contribution in [-0.2, 0) is 9.47 Å².